The summed E-state index contributed by atoms with van der Waals surface area (Å²) in [6, 6.07) is 6.96. The minimum atomic E-state index is -0.568. The summed E-state index contributed by atoms with van der Waals surface area (Å²) in [7, 11) is 0. The molecule has 0 atom stereocenters. The van der Waals surface area contributed by atoms with Gasteiger partial charge in [0.05, 0.1) is 0 Å². The molecule has 0 aliphatic rings. The van der Waals surface area contributed by atoms with Crippen molar-refractivity contribution in [3.05, 3.63) is 62.8 Å². The van der Waals surface area contributed by atoms with E-state index >= 15 is 0 Å². The number of hydrogen-bond donors (Lipinski definition) is 1. The topological polar surface area (TPSA) is 20.2 Å². The average molecular weight is 384 g/mol. The zero-order valence-corrected chi connectivity index (χ0v) is 12.0. The molecule has 6 heteroatoms. The molecule has 0 aliphatic heterocycles. The summed E-state index contributed by atoms with van der Waals surface area (Å²) in [4.78, 5) is 0. The predicted molar refractivity (Wildman–Crippen MR) is 69.8 cm³/mol. The minimum absolute atomic E-state index is 0.0677. The lowest BCUT2D eigenvalue weighted by atomic mass is 10.3. The second-order valence-corrected chi connectivity index (χ2v) is 5.05. The smallest absolute Gasteiger partial charge is 0.128 e. The van der Waals surface area contributed by atoms with Crippen molar-refractivity contribution < 1.29 is 18.3 Å². The van der Waals surface area contributed by atoms with Crippen LogP contribution in [0.2, 0.25) is 0 Å². The first-order chi connectivity index (χ1) is 8.36. The summed E-state index contributed by atoms with van der Waals surface area (Å²) in [5.74, 6) is -1.65. The molecule has 2 aromatic carbocycles. The molecule has 0 unspecified atom stereocenters. The molecule has 1 nitrogen and oxygen atoms in total. The van der Waals surface area contributed by atoms with E-state index in [9.17, 15) is 13.2 Å². The first kappa shape index (κ1) is 15.0. The van der Waals surface area contributed by atoms with E-state index in [1.165, 1.54) is 24.3 Å². The molecule has 0 aromatic heterocycles. The highest BCUT2D eigenvalue weighted by atomic mass is 79.9. The molecule has 0 saturated carbocycles. The van der Waals surface area contributed by atoms with Crippen LogP contribution in [0.3, 0.4) is 0 Å². The summed E-state index contributed by atoms with van der Waals surface area (Å²) in [6.07, 6.45) is 0. The molecule has 0 amide bonds. The fourth-order valence-corrected chi connectivity index (χ4v) is 1.95. The number of halogens is 5. The lowest BCUT2D eigenvalue weighted by Crippen LogP contribution is -1.77. The van der Waals surface area contributed by atoms with E-state index in [4.69, 9.17) is 5.11 Å². The Labute approximate surface area is 119 Å². The van der Waals surface area contributed by atoms with Crippen molar-refractivity contribution in [3.63, 3.8) is 0 Å². The van der Waals surface area contributed by atoms with Gasteiger partial charge in [-0.05, 0) is 24.3 Å². The molecule has 0 saturated heterocycles. The van der Waals surface area contributed by atoms with E-state index in [1.807, 2.05) is 0 Å². The zero-order valence-electron chi connectivity index (χ0n) is 8.80. The monoisotopic (exact) mass is 382 g/mol. The van der Waals surface area contributed by atoms with Crippen LogP contribution in [0, 0.1) is 17.5 Å². The Balaban J connectivity index is 0.000000180. The SMILES string of the molecule is Fc1cc(F)cc(Br)c1.Oc1cc(F)cc(Br)c1. The molecular formula is C12H7Br2F3O. The van der Waals surface area contributed by atoms with Crippen molar-refractivity contribution in [1.29, 1.82) is 0 Å². The van der Waals surface area contributed by atoms with Gasteiger partial charge in [0.15, 0.2) is 0 Å². The maximum absolute atomic E-state index is 12.2. The highest BCUT2D eigenvalue weighted by Crippen LogP contribution is 2.18. The molecule has 0 bridgehead atoms. The van der Waals surface area contributed by atoms with Gasteiger partial charge < -0.3 is 5.11 Å². The molecule has 2 rings (SSSR count). The number of phenols is 1. The van der Waals surface area contributed by atoms with Crippen LogP contribution in [0.4, 0.5) is 13.2 Å². The van der Waals surface area contributed by atoms with Crippen molar-refractivity contribution in [3.8, 4) is 5.75 Å². The van der Waals surface area contributed by atoms with Gasteiger partial charge in [-0.1, -0.05) is 31.9 Å². The molecule has 96 valence electrons. The molecular weight excluding hydrogens is 377 g/mol. The molecule has 0 radical (unpaired) electrons. The molecule has 18 heavy (non-hydrogen) atoms. The second kappa shape index (κ2) is 6.80. The molecule has 0 spiro atoms. The van der Waals surface area contributed by atoms with Crippen molar-refractivity contribution in [2.45, 2.75) is 0 Å². The summed E-state index contributed by atoms with van der Waals surface area (Å²) in [5, 5.41) is 8.72. The third-order valence-corrected chi connectivity index (χ3v) is 2.59. The maximum atomic E-state index is 12.2. The van der Waals surface area contributed by atoms with Gasteiger partial charge in [-0.2, -0.15) is 0 Å². The van der Waals surface area contributed by atoms with Crippen LogP contribution >= 0.6 is 31.9 Å². The lowest BCUT2D eigenvalue weighted by molar-refractivity contribution is 0.468. The van der Waals surface area contributed by atoms with Crippen LogP contribution < -0.4 is 0 Å². The van der Waals surface area contributed by atoms with Gasteiger partial charge in [0.2, 0.25) is 0 Å². The fourth-order valence-electron chi connectivity index (χ4n) is 1.06. The Morgan fingerprint density at radius 3 is 1.39 bits per heavy atom. The fraction of sp³-hybridized carbons (Fsp3) is 0. The number of benzene rings is 2. The van der Waals surface area contributed by atoms with Gasteiger partial charge in [0.25, 0.3) is 0 Å². The molecule has 2 aromatic rings. The van der Waals surface area contributed by atoms with Gasteiger partial charge in [0.1, 0.15) is 23.2 Å². The summed E-state index contributed by atoms with van der Waals surface area (Å²) in [5.41, 5.74) is 0. The second-order valence-electron chi connectivity index (χ2n) is 3.22. The third-order valence-electron chi connectivity index (χ3n) is 1.67. The molecule has 0 fully saturated rings. The summed E-state index contributed by atoms with van der Waals surface area (Å²) >= 11 is 5.95. The zero-order chi connectivity index (χ0) is 13.7. The highest BCUT2D eigenvalue weighted by Gasteiger charge is 1.95. The van der Waals surface area contributed by atoms with Gasteiger partial charge >= 0.3 is 0 Å². The van der Waals surface area contributed by atoms with Gasteiger partial charge in [-0.15, -0.1) is 0 Å². The number of phenolic OH excluding ortho intramolecular Hbond substituents is 1. The van der Waals surface area contributed by atoms with E-state index < -0.39 is 17.5 Å². The van der Waals surface area contributed by atoms with E-state index in [1.54, 1.807) is 0 Å². The van der Waals surface area contributed by atoms with E-state index in [0.29, 0.717) is 8.95 Å². The molecule has 1 N–H and O–H groups in total. The minimum Gasteiger partial charge on any atom is -0.508 e. The lowest BCUT2D eigenvalue weighted by Gasteiger charge is -1.91. The van der Waals surface area contributed by atoms with Crippen LogP contribution in [0.15, 0.2) is 45.3 Å². The highest BCUT2D eigenvalue weighted by molar-refractivity contribution is 9.10. The largest absolute Gasteiger partial charge is 0.508 e. The standard InChI is InChI=1S/C6H3BrF2.C6H4BrFO/c2*7-4-1-5(8)3-6(9)2-4/h1-3H;1-3,9H. The van der Waals surface area contributed by atoms with E-state index in [0.717, 1.165) is 12.1 Å². The van der Waals surface area contributed by atoms with Crippen LogP contribution in [0.1, 0.15) is 0 Å². The molecule has 0 heterocycles. The maximum Gasteiger partial charge on any atom is 0.128 e. The van der Waals surface area contributed by atoms with Crippen LogP contribution in [-0.4, -0.2) is 5.11 Å². The summed E-state index contributed by atoms with van der Waals surface area (Å²) in [6.45, 7) is 0. The van der Waals surface area contributed by atoms with Crippen molar-refractivity contribution in [2.75, 3.05) is 0 Å². The summed E-state index contributed by atoms with van der Waals surface area (Å²) < 4.78 is 37.5. The Morgan fingerprint density at radius 1 is 0.667 bits per heavy atom. The Kier molecular flexibility index (Phi) is 5.68. The van der Waals surface area contributed by atoms with Crippen LogP contribution in [-0.2, 0) is 0 Å². The van der Waals surface area contributed by atoms with E-state index in [-0.39, 0.29) is 5.75 Å². The van der Waals surface area contributed by atoms with Crippen molar-refractivity contribution in [1.82, 2.24) is 0 Å². The Bertz CT molecular complexity index is 396. The first-order valence-corrected chi connectivity index (χ1v) is 6.22. The molecule has 0 aliphatic carbocycles. The quantitative estimate of drug-likeness (QED) is 0.677. The first-order valence-electron chi connectivity index (χ1n) is 4.63. The van der Waals surface area contributed by atoms with Crippen LogP contribution in [0.25, 0.3) is 0 Å². The van der Waals surface area contributed by atoms with Gasteiger partial charge in [-0.3, -0.25) is 0 Å². The van der Waals surface area contributed by atoms with Gasteiger partial charge in [0, 0.05) is 21.1 Å². The predicted octanol–water partition coefficient (Wildman–Crippen LogP) is 5.02. The third kappa shape index (κ3) is 5.55. The van der Waals surface area contributed by atoms with Crippen LogP contribution in [0.5, 0.6) is 5.75 Å². The van der Waals surface area contributed by atoms with Gasteiger partial charge in [-0.25, -0.2) is 13.2 Å². The van der Waals surface area contributed by atoms with Crippen molar-refractivity contribution in [2.24, 2.45) is 0 Å². The Hall–Kier alpha value is -1.01. The number of aromatic hydroxyl groups is 1. The number of rotatable bonds is 0. The van der Waals surface area contributed by atoms with Crippen molar-refractivity contribution >= 4 is 31.9 Å². The van der Waals surface area contributed by atoms with E-state index in [2.05, 4.69) is 31.9 Å². The average Bonchev–Trinajstić information content (AvgIpc) is 2.12. The Morgan fingerprint density at radius 2 is 1.06 bits per heavy atom. The normalized spacial score (nSPS) is 9.61. The number of hydrogen-bond acceptors (Lipinski definition) is 1.